The second kappa shape index (κ2) is 9.09. The minimum absolute atomic E-state index is 0.0552. The molecule has 1 fully saturated rings. The van der Waals surface area contributed by atoms with Gasteiger partial charge in [0.15, 0.2) is 18.4 Å². The lowest BCUT2D eigenvalue weighted by atomic mass is 10.1. The van der Waals surface area contributed by atoms with E-state index in [1.54, 1.807) is 0 Å². The van der Waals surface area contributed by atoms with Crippen LogP contribution in [0.1, 0.15) is 27.0 Å². The van der Waals surface area contributed by atoms with Crippen LogP contribution in [-0.2, 0) is 33.3 Å². The van der Waals surface area contributed by atoms with Crippen LogP contribution < -0.4 is 4.74 Å². The van der Waals surface area contributed by atoms with E-state index < -0.39 is 53.3 Å². The summed E-state index contributed by atoms with van der Waals surface area (Å²) in [4.78, 5) is 56.8. The summed E-state index contributed by atoms with van der Waals surface area (Å²) in [5, 5.41) is 11.2. The molecule has 0 N–H and O–H groups in total. The largest absolute Gasteiger partial charge is 0.474 e. The number of carbonyl (C=O) groups is 3. The number of aromatic nitrogens is 4. The molecule has 32 heavy (non-hydrogen) atoms. The summed E-state index contributed by atoms with van der Waals surface area (Å²) < 4.78 is 27.8. The van der Waals surface area contributed by atoms with E-state index in [2.05, 4.69) is 15.0 Å². The van der Waals surface area contributed by atoms with Gasteiger partial charge >= 0.3 is 29.7 Å². The lowest BCUT2D eigenvalue weighted by molar-refractivity contribution is -0.394. The SMILES string of the molecule is COc1nc([N+](=O)[O-])nc2c1ncn2[C@@H]1O[C@H](COC(C)=O)[C@@H](OC(C)=O)[C@@H]1OC(C)=O. The summed E-state index contributed by atoms with van der Waals surface area (Å²) in [7, 11) is 1.25. The second-order valence-electron chi connectivity index (χ2n) is 6.63. The lowest BCUT2D eigenvalue weighted by Gasteiger charge is -2.23. The first-order chi connectivity index (χ1) is 15.1. The predicted molar refractivity (Wildman–Crippen MR) is 100 cm³/mol. The van der Waals surface area contributed by atoms with Gasteiger partial charge in [-0.3, -0.25) is 19.0 Å². The minimum atomic E-state index is -1.21. The topological polar surface area (TPSA) is 184 Å². The smallest absolute Gasteiger partial charge is 0.467 e. The second-order valence-corrected chi connectivity index (χ2v) is 6.63. The van der Waals surface area contributed by atoms with E-state index in [-0.39, 0.29) is 23.7 Å². The molecular formula is C17H19N5O10. The van der Waals surface area contributed by atoms with Crippen LogP contribution >= 0.6 is 0 Å². The zero-order chi connectivity index (χ0) is 23.6. The molecule has 4 atom stereocenters. The first-order valence-electron chi connectivity index (χ1n) is 9.18. The van der Waals surface area contributed by atoms with Crippen LogP contribution in [0, 0.1) is 10.1 Å². The Balaban J connectivity index is 2.10. The number of ether oxygens (including phenoxy) is 5. The number of rotatable bonds is 7. The van der Waals surface area contributed by atoms with Gasteiger partial charge in [-0.05, 0) is 14.9 Å². The van der Waals surface area contributed by atoms with Crippen molar-refractivity contribution in [1.82, 2.24) is 19.5 Å². The molecule has 3 heterocycles. The Bertz CT molecular complexity index is 1070. The van der Waals surface area contributed by atoms with Crippen LogP contribution in [0.2, 0.25) is 0 Å². The number of nitrogens with zero attached hydrogens (tertiary/aromatic N) is 5. The standard InChI is InChI=1S/C17H19N5O10/c1-7(23)29-5-10-12(30-8(2)24)13(31-9(3)25)16(32-10)21-6-18-11-14(21)19-17(22(26)27)20-15(11)28-4/h6,10,12-13,16H,5H2,1-4H3/t10-,12-,13+,16-/m1/s1. The summed E-state index contributed by atoms with van der Waals surface area (Å²) in [5.74, 6) is -2.93. The number of hydrogen-bond donors (Lipinski definition) is 0. The van der Waals surface area contributed by atoms with Gasteiger partial charge in [0.1, 0.15) is 19.0 Å². The van der Waals surface area contributed by atoms with Crippen molar-refractivity contribution in [1.29, 1.82) is 0 Å². The van der Waals surface area contributed by atoms with E-state index in [0.717, 1.165) is 13.8 Å². The average Bonchev–Trinajstić information content (AvgIpc) is 3.26. The van der Waals surface area contributed by atoms with E-state index in [1.807, 2.05) is 0 Å². The Labute approximate surface area is 179 Å². The Morgan fingerprint density at radius 1 is 1.12 bits per heavy atom. The average molecular weight is 453 g/mol. The minimum Gasteiger partial charge on any atom is -0.467 e. The molecule has 1 aliphatic rings. The van der Waals surface area contributed by atoms with Crippen molar-refractivity contribution in [3.05, 3.63) is 16.4 Å². The van der Waals surface area contributed by atoms with E-state index >= 15 is 0 Å². The first-order valence-corrected chi connectivity index (χ1v) is 9.18. The third-order valence-corrected chi connectivity index (χ3v) is 4.35. The van der Waals surface area contributed by atoms with Gasteiger partial charge in [0.2, 0.25) is 11.2 Å². The highest BCUT2D eigenvalue weighted by atomic mass is 16.7. The van der Waals surface area contributed by atoms with E-state index in [4.69, 9.17) is 23.7 Å². The fourth-order valence-corrected chi connectivity index (χ4v) is 3.21. The van der Waals surface area contributed by atoms with Crippen molar-refractivity contribution in [2.24, 2.45) is 0 Å². The molecule has 0 spiro atoms. The molecule has 0 radical (unpaired) electrons. The highest BCUT2D eigenvalue weighted by molar-refractivity contribution is 5.77. The molecule has 0 saturated carbocycles. The maximum Gasteiger partial charge on any atom is 0.474 e. The summed E-state index contributed by atoms with van der Waals surface area (Å²) in [6.45, 7) is 3.16. The molecule has 0 aromatic carbocycles. The zero-order valence-electron chi connectivity index (χ0n) is 17.4. The normalized spacial score (nSPS) is 22.4. The number of imidazole rings is 1. The zero-order valence-corrected chi connectivity index (χ0v) is 17.4. The van der Waals surface area contributed by atoms with E-state index in [9.17, 15) is 24.5 Å². The van der Waals surface area contributed by atoms with Crippen molar-refractivity contribution in [3.63, 3.8) is 0 Å². The van der Waals surface area contributed by atoms with Crippen molar-refractivity contribution < 1.29 is 43.0 Å². The van der Waals surface area contributed by atoms with Gasteiger partial charge in [-0.25, -0.2) is 4.98 Å². The third-order valence-electron chi connectivity index (χ3n) is 4.35. The molecule has 15 nitrogen and oxygen atoms in total. The number of esters is 3. The lowest BCUT2D eigenvalue weighted by Crippen LogP contribution is -2.40. The maximum absolute atomic E-state index is 11.8. The number of methoxy groups -OCH3 is 1. The van der Waals surface area contributed by atoms with Crippen molar-refractivity contribution in [2.75, 3.05) is 13.7 Å². The highest BCUT2D eigenvalue weighted by Gasteiger charge is 2.51. The van der Waals surface area contributed by atoms with Crippen LogP contribution in [0.25, 0.3) is 11.2 Å². The third kappa shape index (κ3) is 4.56. The molecule has 3 rings (SSSR count). The fraction of sp³-hybridized carbons (Fsp3) is 0.529. The van der Waals surface area contributed by atoms with Gasteiger partial charge in [-0.1, -0.05) is 0 Å². The van der Waals surface area contributed by atoms with Crippen molar-refractivity contribution in [2.45, 2.75) is 45.3 Å². The van der Waals surface area contributed by atoms with Gasteiger partial charge in [0.05, 0.1) is 7.11 Å². The van der Waals surface area contributed by atoms with Gasteiger partial charge in [-0.2, -0.15) is 0 Å². The number of nitro groups is 1. The van der Waals surface area contributed by atoms with E-state index in [0.29, 0.717) is 0 Å². The molecule has 1 aliphatic heterocycles. The molecule has 0 unspecified atom stereocenters. The van der Waals surface area contributed by atoms with Gasteiger partial charge < -0.3 is 33.8 Å². The van der Waals surface area contributed by atoms with Crippen molar-refractivity contribution in [3.8, 4) is 5.88 Å². The quantitative estimate of drug-likeness (QED) is 0.237. The Hall–Kier alpha value is -3.88. The first kappa shape index (κ1) is 22.8. The van der Waals surface area contributed by atoms with Crippen LogP contribution in [0.4, 0.5) is 5.95 Å². The van der Waals surface area contributed by atoms with Crippen LogP contribution in [0.15, 0.2) is 6.33 Å². The summed E-state index contributed by atoms with van der Waals surface area (Å²) in [6.07, 6.45) is -3.35. The molecule has 1 saturated heterocycles. The molecule has 2 aromatic rings. The number of hydrogen-bond acceptors (Lipinski definition) is 13. The molecule has 0 aliphatic carbocycles. The van der Waals surface area contributed by atoms with Crippen LogP contribution in [0.5, 0.6) is 5.88 Å². The monoisotopic (exact) mass is 453 g/mol. The predicted octanol–water partition coefficient (Wildman–Crippen LogP) is 0.0670. The van der Waals surface area contributed by atoms with E-state index in [1.165, 1.54) is 24.9 Å². The van der Waals surface area contributed by atoms with Gasteiger partial charge in [-0.15, -0.1) is 0 Å². The summed E-state index contributed by atoms with van der Waals surface area (Å²) >= 11 is 0. The Morgan fingerprint density at radius 2 is 1.78 bits per heavy atom. The maximum atomic E-state index is 11.8. The molecule has 2 aromatic heterocycles. The Morgan fingerprint density at radius 3 is 2.34 bits per heavy atom. The molecular weight excluding hydrogens is 434 g/mol. The molecule has 15 heteroatoms. The molecule has 0 bridgehead atoms. The van der Waals surface area contributed by atoms with Gasteiger partial charge in [0, 0.05) is 20.8 Å². The fourth-order valence-electron chi connectivity index (χ4n) is 3.21. The number of fused-ring (bicyclic) bond motifs is 1. The molecule has 172 valence electrons. The highest BCUT2D eigenvalue weighted by Crippen LogP contribution is 2.37. The molecule has 0 amide bonds. The van der Waals surface area contributed by atoms with Crippen molar-refractivity contribution >= 4 is 35.0 Å². The summed E-state index contributed by atoms with van der Waals surface area (Å²) in [5.41, 5.74) is 0.0242. The van der Waals surface area contributed by atoms with Crippen LogP contribution in [-0.4, -0.2) is 74.4 Å². The summed E-state index contributed by atoms with van der Waals surface area (Å²) in [6, 6.07) is 0. The van der Waals surface area contributed by atoms with Gasteiger partial charge in [0.25, 0.3) is 0 Å². The Kier molecular flexibility index (Phi) is 6.47. The van der Waals surface area contributed by atoms with Crippen LogP contribution in [0.3, 0.4) is 0 Å². The number of carbonyl (C=O) groups excluding carboxylic acids is 3.